The molecule has 1 atom stereocenters. The lowest BCUT2D eigenvalue weighted by molar-refractivity contribution is -0.138. The summed E-state index contributed by atoms with van der Waals surface area (Å²) >= 11 is 1.37. The third-order valence-electron chi connectivity index (χ3n) is 2.45. The van der Waals surface area contributed by atoms with Gasteiger partial charge in [-0.15, -0.1) is 11.3 Å². The van der Waals surface area contributed by atoms with Gasteiger partial charge in [-0.25, -0.2) is 4.98 Å². The van der Waals surface area contributed by atoms with Crippen LogP contribution in [0.1, 0.15) is 24.3 Å². The average molecular weight is 248 g/mol. The number of aliphatic carboxylic acids is 1. The van der Waals surface area contributed by atoms with E-state index in [4.69, 9.17) is 5.11 Å². The van der Waals surface area contributed by atoms with Crippen molar-refractivity contribution in [2.45, 2.75) is 19.3 Å². The highest BCUT2D eigenvalue weighted by molar-refractivity contribution is 7.10. The Morgan fingerprint density at radius 3 is 2.88 bits per heavy atom. The number of nitrogens with zero attached hydrogens (tertiary/aromatic N) is 2. The lowest BCUT2D eigenvalue weighted by Gasteiger charge is -2.04. The van der Waals surface area contributed by atoms with Gasteiger partial charge in [-0.05, 0) is 18.6 Å². The maximum Gasteiger partial charge on any atom is 0.313 e. The highest BCUT2D eigenvalue weighted by Crippen LogP contribution is 2.27. The molecule has 1 unspecified atom stereocenters. The highest BCUT2D eigenvalue weighted by Gasteiger charge is 2.21. The van der Waals surface area contributed by atoms with E-state index in [1.165, 1.54) is 11.3 Å². The summed E-state index contributed by atoms with van der Waals surface area (Å²) in [7, 11) is 0. The Kier molecular flexibility index (Phi) is 3.49. The van der Waals surface area contributed by atoms with Crippen LogP contribution in [-0.2, 0) is 4.79 Å². The molecule has 2 heterocycles. The molecule has 0 aliphatic carbocycles. The van der Waals surface area contributed by atoms with Crippen LogP contribution in [-0.4, -0.2) is 21.0 Å². The number of thiazole rings is 1. The van der Waals surface area contributed by atoms with E-state index in [1.807, 2.05) is 30.5 Å². The van der Waals surface area contributed by atoms with Gasteiger partial charge in [0.2, 0.25) is 0 Å². The van der Waals surface area contributed by atoms with E-state index in [-0.39, 0.29) is 0 Å². The van der Waals surface area contributed by atoms with Gasteiger partial charge in [-0.2, -0.15) is 0 Å². The van der Waals surface area contributed by atoms with Crippen LogP contribution in [0.25, 0.3) is 11.4 Å². The number of hydrogen-bond donors (Lipinski definition) is 1. The molecule has 0 spiro atoms. The molecule has 0 amide bonds. The van der Waals surface area contributed by atoms with E-state index in [1.54, 1.807) is 6.20 Å². The lowest BCUT2D eigenvalue weighted by atomic mass is 10.1. The van der Waals surface area contributed by atoms with Crippen LogP contribution in [0.4, 0.5) is 0 Å². The Bertz CT molecular complexity index is 510. The van der Waals surface area contributed by atoms with Gasteiger partial charge < -0.3 is 5.11 Å². The standard InChI is InChI=1S/C12H12N2O2S/c1-2-8(12(15)16)11-14-10(7-17-11)9-5-3-4-6-13-9/h3-8H,2H2,1H3,(H,15,16). The Balaban J connectivity index is 2.30. The maximum absolute atomic E-state index is 11.0. The fourth-order valence-corrected chi connectivity index (χ4v) is 2.52. The zero-order chi connectivity index (χ0) is 12.3. The summed E-state index contributed by atoms with van der Waals surface area (Å²) in [6, 6.07) is 5.58. The van der Waals surface area contributed by atoms with Crippen molar-refractivity contribution in [1.29, 1.82) is 0 Å². The quantitative estimate of drug-likeness (QED) is 0.903. The summed E-state index contributed by atoms with van der Waals surface area (Å²) in [5.41, 5.74) is 1.51. The number of carbonyl (C=O) groups is 1. The Labute approximate surface area is 103 Å². The molecule has 4 nitrogen and oxygen atoms in total. The van der Waals surface area contributed by atoms with Crippen LogP contribution in [0.5, 0.6) is 0 Å². The number of pyridine rings is 1. The van der Waals surface area contributed by atoms with E-state index in [2.05, 4.69) is 9.97 Å². The van der Waals surface area contributed by atoms with Crippen molar-refractivity contribution >= 4 is 17.3 Å². The first-order valence-corrected chi connectivity index (χ1v) is 6.20. The maximum atomic E-state index is 11.0. The van der Waals surface area contributed by atoms with Crippen molar-refractivity contribution in [1.82, 2.24) is 9.97 Å². The number of hydrogen-bond acceptors (Lipinski definition) is 4. The minimum absolute atomic E-state index is 0.516. The fraction of sp³-hybridized carbons (Fsp3) is 0.250. The Morgan fingerprint density at radius 1 is 1.47 bits per heavy atom. The van der Waals surface area contributed by atoms with Gasteiger partial charge in [0.25, 0.3) is 0 Å². The van der Waals surface area contributed by atoms with Crippen molar-refractivity contribution in [2.75, 3.05) is 0 Å². The van der Waals surface area contributed by atoms with E-state index in [9.17, 15) is 4.79 Å². The third-order valence-corrected chi connectivity index (χ3v) is 3.41. The normalized spacial score (nSPS) is 12.3. The minimum atomic E-state index is -0.825. The van der Waals surface area contributed by atoms with Gasteiger partial charge in [0.05, 0.1) is 11.4 Å². The van der Waals surface area contributed by atoms with E-state index < -0.39 is 11.9 Å². The van der Waals surface area contributed by atoms with Crippen LogP contribution in [0.3, 0.4) is 0 Å². The third kappa shape index (κ3) is 2.50. The number of carboxylic acid groups (broad SMARTS) is 1. The molecule has 0 radical (unpaired) electrons. The van der Waals surface area contributed by atoms with Gasteiger partial charge in [-0.3, -0.25) is 9.78 Å². The molecular weight excluding hydrogens is 236 g/mol. The second-order valence-corrected chi connectivity index (χ2v) is 4.47. The highest BCUT2D eigenvalue weighted by atomic mass is 32.1. The van der Waals surface area contributed by atoms with Crippen molar-refractivity contribution in [3.05, 3.63) is 34.8 Å². The summed E-state index contributed by atoms with van der Waals surface area (Å²) < 4.78 is 0. The second kappa shape index (κ2) is 5.05. The minimum Gasteiger partial charge on any atom is -0.481 e. The molecule has 2 rings (SSSR count). The number of carboxylic acids is 1. The predicted molar refractivity (Wildman–Crippen MR) is 66.0 cm³/mol. The van der Waals surface area contributed by atoms with Crippen molar-refractivity contribution < 1.29 is 9.90 Å². The monoisotopic (exact) mass is 248 g/mol. The van der Waals surface area contributed by atoms with Gasteiger partial charge >= 0.3 is 5.97 Å². The molecule has 2 aromatic heterocycles. The fourth-order valence-electron chi connectivity index (χ4n) is 1.53. The van der Waals surface area contributed by atoms with Crippen LogP contribution in [0.2, 0.25) is 0 Å². The van der Waals surface area contributed by atoms with E-state index in [0.717, 1.165) is 11.4 Å². The summed E-state index contributed by atoms with van der Waals surface area (Å²) in [6.45, 7) is 1.85. The van der Waals surface area contributed by atoms with Gasteiger partial charge in [0, 0.05) is 11.6 Å². The second-order valence-electron chi connectivity index (χ2n) is 3.59. The molecule has 0 aliphatic heterocycles. The van der Waals surface area contributed by atoms with Crippen molar-refractivity contribution in [3.63, 3.8) is 0 Å². The first kappa shape index (κ1) is 11.7. The van der Waals surface area contributed by atoms with Crippen molar-refractivity contribution in [2.24, 2.45) is 0 Å². The topological polar surface area (TPSA) is 63.1 Å². The molecule has 88 valence electrons. The molecule has 0 bridgehead atoms. The summed E-state index contributed by atoms with van der Waals surface area (Å²) in [6.07, 6.45) is 2.24. The molecule has 0 aliphatic rings. The molecule has 0 fully saturated rings. The molecule has 0 saturated heterocycles. The summed E-state index contributed by atoms with van der Waals surface area (Å²) in [5, 5.41) is 11.5. The summed E-state index contributed by atoms with van der Waals surface area (Å²) in [5.74, 6) is -1.34. The molecule has 0 saturated carbocycles. The number of rotatable bonds is 4. The Morgan fingerprint density at radius 2 is 2.29 bits per heavy atom. The van der Waals surface area contributed by atoms with Crippen LogP contribution in [0.15, 0.2) is 29.8 Å². The van der Waals surface area contributed by atoms with Gasteiger partial charge in [0.1, 0.15) is 10.9 Å². The first-order valence-electron chi connectivity index (χ1n) is 5.32. The zero-order valence-corrected chi connectivity index (χ0v) is 10.1. The van der Waals surface area contributed by atoms with Crippen molar-refractivity contribution in [3.8, 4) is 11.4 Å². The first-order chi connectivity index (χ1) is 8.22. The molecule has 2 aromatic rings. The smallest absolute Gasteiger partial charge is 0.313 e. The zero-order valence-electron chi connectivity index (χ0n) is 9.33. The Hall–Kier alpha value is -1.75. The SMILES string of the molecule is CCC(C(=O)O)c1nc(-c2ccccn2)cs1. The molecule has 5 heteroatoms. The van der Waals surface area contributed by atoms with Crippen LogP contribution < -0.4 is 0 Å². The molecule has 0 aromatic carbocycles. The van der Waals surface area contributed by atoms with Crippen LogP contribution in [0, 0.1) is 0 Å². The summed E-state index contributed by atoms with van der Waals surface area (Å²) in [4.78, 5) is 19.6. The van der Waals surface area contributed by atoms with Gasteiger partial charge in [0.15, 0.2) is 0 Å². The average Bonchev–Trinajstić information content (AvgIpc) is 2.80. The number of aromatic nitrogens is 2. The van der Waals surface area contributed by atoms with E-state index in [0.29, 0.717) is 11.4 Å². The molecule has 1 N–H and O–H groups in total. The lowest BCUT2D eigenvalue weighted by Crippen LogP contribution is -2.09. The van der Waals surface area contributed by atoms with Crippen LogP contribution >= 0.6 is 11.3 Å². The van der Waals surface area contributed by atoms with Gasteiger partial charge in [-0.1, -0.05) is 13.0 Å². The predicted octanol–water partition coefficient (Wildman–Crippen LogP) is 2.78. The van der Waals surface area contributed by atoms with E-state index >= 15 is 0 Å². The largest absolute Gasteiger partial charge is 0.481 e. The molecule has 17 heavy (non-hydrogen) atoms. The molecular formula is C12H12N2O2S.